The maximum Gasteiger partial charge on any atom is 0.256 e. The molecule has 4 rings (SSSR count). The highest BCUT2D eigenvalue weighted by molar-refractivity contribution is 6.15. The lowest BCUT2D eigenvalue weighted by Crippen LogP contribution is -2.49. The predicted octanol–water partition coefficient (Wildman–Crippen LogP) is 4.03. The number of amides is 1. The highest BCUT2D eigenvalue weighted by Gasteiger charge is 2.29. The van der Waals surface area contributed by atoms with Crippen molar-refractivity contribution in [2.45, 2.75) is 32.5 Å². The van der Waals surface area contributed by atoms with Gasteiger partial charge in [-0.15, -0.1) is 0 Å². The van der Waals surface area contributed by atoms with Crippen LogP contribution in [0.5, 0.6) is 0 Å². The summed E-state index contributed by atoms with van der Waals surface area (Å²) in [4.78, 5) is 19.7. The molecule has 4 nitrogen and oxygen atoms in total. The van der Waals surface area contributed by atoms with Gasteiger partial charge in [-0.05, 0) is 36.2 Å². The highest BCUT2D eigenvalue weighted by Crippen LogP contribution is 2.28. The second-order valence-corrected chi connectivity index (χ2v) is 6.73. The van der Waals surface area contributed by atoms with Gasteiger partial charge in [0, 0.05) is 24.7 Å². The zero-order valence-electron chi connectivity index (χ0n) is 14.6. The smallest absolute Gasteiger partial charge is 0.256 e. The number of ether oxygens (including phenoxy) is 1. The average molecular weight is 334 g/mol. The molecule has 25 heavy (non-hydrogen) atoms. The lowest BCUT2D eigenvalue weighted by atomic mass is 9.99. The molecule has 0 unspecified atom stereocenters. The molecule has 4 heteroatoms. The van der Waals surface area contributed by atoms with Crippen LogP contribution in [0.2, 0.25) is 0 Å². The Bertz CT molecular complexity index is 937. The standard InChI is InChI=1S/C21H22N2O2/c1-3-16-13-23(12-14(2)25-16)21(24)19-11-15-7-4-5-8-17(15)18-9-6-10-22-20(18)19/h4-11,14,16H,3,12-13H2,1-2H3/t14-,16+/m1/s1. The van der Waals surface area contributed by atoms with Crippen LogP contribution >= 0.6 is 0 Å². The second-order valence-electron chi connectivity index (χ2n) is 6.73. The molecule has 0 radical (unpaired) electrons. The highest BCUT2D eigenvalue weighted by atomic mass is 16.5. The Hall–Kier alpha value is -2.46. The van der Waals surface area contributed by atoms with E-state index in [-0.39, 0.29) is 18.1 Å². The quantitative estimate of drug-likeness (QED) is 0.665. The molecule has 0 aliphatic carbocycles. The molecule has 0 spiro atoms. The third kappa shape index (κ3) is 2.87. The summed E-state index contributed by atoms with van der Waals surface area (Å²) in [6.07, 6.45) is 2.82. The van der Waals surface area contributed by atoms with Crippen molar-refractivity contribution in [1.82, 2.24) is 9.88 Å². The van der Waals surface area contributed by atoms with Crippen LogP contribution in [0.4, 0.5) is 0 Å². The topological polar surface area (TPSA) is 42.4 Å². The number of morpholine rings is 1. The van der Waals surface area contributed by atoms with Crippen LogP contribution in [-0.4, -0.2) is 41.1 Å². The van der Waals surface area contributed by atoms with Crippen molar-refractivity contribution in [3.8, 4) is 0 Å². The number of aromatic nitrogens is 1. The first kappa shape index (κ1) is 16.0. The molecule has 1 amide bonds. The number of pyridine rings is 1. The fraction of sp³-hybridized carbons (Fsp3) is 0.333. The van der Waals surface area contributed by atoms with E-state index in [1.54, 1.807) is 6.20 Å². The van der Waals surface area contributed by atoms with Crippen molar-refractivity contribution < 1.29 is 9.53 Å². The Morgan fingerprint density at radius 3 is 2.84 bits per heavy atom. The molecule has 0 bridgehead atoms. The van der Waals surface area contributed by atoms with Crippen LogP contribution in [0.25, 0.3) is 21.7 Å². The van der Waals surface area contributed by atoms with Crippen LogP contribution in [-0.2, 0) is 4.74 Å². The molecule has 2 aromatic carbocycles. The van der Waals surface area contributed by atoms with Crippen LogP contribution in [0.1, 0.15) is 30.6 Å². The van der Waals surface area contributed by atoms with Gasteiger partial charge < -0.3 is 9.64 Å². The maximum absolute atomic E-state index is 13.3. The molecule has 2 heterocycles. The summed E-state index contributed by atoms with van der Waals surface area (Å²) < 4.78 is 5.90. The fourth-order valence-corrected chi connectivity index (χ4v) is 3.70. The lowest BCUT2D eigenvalue weighted by Gasteiger charge is -2.36. The van der Waals surface area contributed by atoms with Gasteiger partial charge in [0.15, 0.2) is 0 Å². The van der Waals surface area contributed by atoms with E-state index in [2.05, 4.69) is 24.0 Å². The Morgan fingerprint density at radius 2 is 2.00 bits per heavy atom. The number of nitrogens with zero attached hydrogens (tertiary/aromatic N) is 2. The normalized spacial score (nSPS) is 21.0. The number of fused-ring (bicyclic) bond motifs is 3. The predicted molar refractivity (Wildman–Crippen MR) is 99.8 cm³/mol. The van der Waals surface area contributed by atoms with E-state index >= 15 is 0 Å². The van der Waals surface area contributed by atoms with Gasteiger partial charge in [0.05, 0.1) is 23.3 Å². The molecule has 1 fully saturated rings. The molecule has 0 N–H and O–H groups in total. The molecule has 2 atom stereocenters. The minimum atomic E-state index is 0.0445. The molecular weight excluding hydrogens is 312 g/mol. The Balaban J connectivity index is 1.83. The first-order valence-corrected chi connectivity index (χ1v) is 8.88. The van der Waals surface area contributed by atoms with E-state index in [0.717, 1.165) is 28.1 Å². The Kier molecular flexibility index (Phi) is 4.14. The van der Waals surface area contributed by atoms with Crippen LogP contribution in [0, 0.1) is 0 Å². The zero-order valence-corrected chi connectivity index (χ0v) is 14.6. The number of rotatable bonds is 2. The van der Waals surface area contributed by atoms with E-state index in [1.165, 1.54) is 0 Å². The van der Waals surface area contributed by atoms with E-state index in [4.69, 9.17) is 4.74 Å². The largest absolute Gasteiger partial charge is 0.372 e. The van der Waals surface area contributed by atoms with Crippen molar-refractivity contribution in [2.75, 3.05) is 13.1 Å². The SMILES string of the molecule is CC[C@H]1CN(C(=O)c2cc3ccccc3c3cccnc23)C[C@@H](C)O1. The van der Waals surface area contributed by atoms with Gasteiger partial charge in [0.25, 0.3) is 5.91 Å². The monoisotopic (exact) mass is 334 g/mol. The average Bonchev–Trinajstić information content (AvgIpc) is 2.66. The van der Waals surface area contributed by atoms with Gasteiger partial charge in [-0.1, -0.05) is 37.3 Å². The first-order valence-electron chi connectivity index (χ1n) is 8.88. The van der Waals surface area contributed by atoms with Crippen molar-refractivity contribution in [2.24, 2.45) is 0 Å². The fourth-order valence-electron chi connectivity index (χ4n) is 3.70. The summed E-state index contributed by atoms with van der Waals surface area (Å²) in [5.74, 6) is 0.0445. The summed E-state index contributed by atoms with van der Waals surface area (Å²) in [6.45, 7) is 5.38. The number of hydrogen-bond acceptors (Lipinski definition) is 3. The van der Waals surface area contributed by atoms with Crippen LogP contribution in [0.3, 0.4) is 0 Å². The van der Waals surface area contributed by atoms with E-state index < -0.39 is 0 Å². The molecule has 0 saturated carbocycles. The van der Waals surface area contributed by atoms with Crippen LogP contribution in [0.15, 0.2) is 48.7 Å². The Morgan fingerprint density at radius 1 is 1.20 bits per heavy atom. The zero-order chi connectivity index (χ0) is 17.4. The maximum atomic E-state index is 13.3. The molecule has 1 aliphatic heterocycles. The minimum Gasteiger partial charge on any atom is -0.372 e. The number of carbonyl (C=O) groups excluding carboxylic acids is 1. The number of hydrogen-bond donors (Lipinski definition) is 0. The van der Waals surface area contributed by atoms with E-state index in [1.807, 2.05) is 42.2 Å². The van der Waals surface area contributed by atoms with Gasteiger partial charge in [0.2, 0.25) is 0 Å². The summed E-state index contributed by atoms with van der Waals surface area (Å²) >= 11 is 0. The van der Waals surface area contributed by atoms with Crippen molar-refractivity contribution in [3.63, 3.8) is 0 Å². The third-order valence-electron chi connectivity index (χ3n) is 4.91. The van der Waals surface area contributed by atoms with Gasteiger partial charge in [0.1, 0.15) is 0 Å². The molecular formula is C21H22N2O2. The molecule has 1 aromatic heterocycles. The first-order chi connectivity index (χ1) is 12.2. The summed E-state index contributed by atoms with van der Waals surface area (Å²) in [6, 6.07) is 14.1. The van der Waals surface area contributed by atoms with E-state index in [9.17, 15) is 4.79 Å². The number of carbonyl (C=O) groups is 1. The molecule has 1 aliphatic rings. The molecule has 128 valence electrons. The van der Waals surface area contributed by atoms with Crippen LogP contribution < -0.4 is 0 Å². The summed E-state index contributed by atoms with van der Waals surface area (Å²) in [5, 5.41) is 3.22. The van der Waals surface area contributed by atoms with Gasteiger partial charge in [-0.25, -0.2) is 0 Å². The lowest BCUT2D eigenvalue weighted by molar-refractivity contribution is -0.0680. The number of benzene rings is 2. The Labute approximate surface area is 147 Å². The molecule has 3 aromatic rings. The summed E-state index contributed by atoms with van der Waals surface area (Å²) in [5.41, 5.74) is 1.46. The van der Waals surface area contributed by atoms with Crippen molar-refractivity contribution in [3.05, 3.63) is 54.2 Å². The van der Waals surface area contributed by atoms with Gasteiger partial charge in [-0.3, -0.25) is 9.78 Å². The van der Waals surface area contributed by atoms with E-state index in [0.29, 0.717) is 18.7 Å². The summed E-state index contributed by atoms with van der Waals surface area (Å²) in [7, 11) is 0. The van der Waals surface area contributed by atoms with Gasteiger partial charge >= 0.3 is 0 Å². The van der Waals surface area contributed by atoms with Gasteiger partial charge in [-0.2, -0.15) is 0 Å². The minimum absolute atomic E-state index is 0.0445. The van der Waals surface area contributed by atoms with Crippen molar-refractivity contribution >= 4 is 27.6 Å². The molecule has 1 saturated heterocycles. The second kappa shape index (κ2) is 6.45. The van der Waals surface area contributed by atoms with Crippen molar-refractivity contribution in [1.29, 1.82) is 0 Å². The third-order valence-corrected chi connectivity index (χ3v) is 4.91.